The minimum absolute atomic E-state index is 0.168. The summed E-state index contributed by atoms with van der Waals surface area (Å²) < 4.78 is 31.5. The average molecular weight is 375 g/mol. The summed E-state index contributed by atoms with van der Waals surface area (Å²) in [6, 6.07) is 10.5. The number of rotatable bonds is 5. The smallest absolute Gasteiger partial charge is 0.267 e. The third kappa shape index (κ3) is 3.80. The predicted octanol–water partition coefficient (Wildman–Crippen LogP) is 4.73. The zero-order valence-electron chi connectivity index (χ0n) is 14.0. The van der Waals surface area contributed by atoms with E-state index in [1.807, 2.05) is 18.2 Å². The second kappa shape index (κ2) is 7.49. The van der Waals surface area contributed by atoms with E-state index in [0.717, 1.165) is 29.2 Å². The van der Waals surface area contributed by atoms with Gasteiger partial charge in [-0.2, -0.15) is 0 Å². The lowest BCUT2D eigenvalue weighted by Gasteiger charge is -2.08. The van der Waals surface area contributed by atoms with Gasteiger partial charge in [0.05, 0.1) is 18.5 Å². The van der Waals surface area contributed by atoms with Gasteiger partial charge < -0.3 is 15.4 Å². The quantitative estimate of drug-likeness (QED) is 0.676. The Morgan fingerprint density at radius 3 is 2.65 bits per heavy atom. The van der Waals surface area contributed by atoms with Gasteiger partial charge in [-0.1, -0.05) is 23.5 Å². The molecule has 0 aliphatic heterocycles. The number of anilines is 3. The van der Waals surface area contributed by atoms with Crippen LogP contribution in [0.25, 0.3) is 0 Å². The fraction of sp³-hybridized carbons (Fsp3) is 0.111. The Morgan fingerprint density at radius 1 is 1.15 bits per heavy atom. The van der Waals surface area contributed by atoms with Crippen molar-refractivity contribution in [3.8, 4) is 5.75 Å². The number of para-hydroxylation sites is 2. The fourth-order valence-corrected chi connectivity index (χ4v) is 3.16. The van der Waals surface area contributed by atoms with Crippen LogP contribution in [-0.4, -0.2) is 18.0 Å². The summed E-state index contributed by atoms with van der Waals surface area (Å²) in [4.78, 5) is 17.1. The summed E-state index contributed by atoms with van der Waals surface area (Å²) in [5.74, 6) is -1.80. The molecular formula is C18H15F2N3O2S. The molecule has 1 heterocycles. The number of nitrogens with zero attached hydrogens (tertiary/aromatic N) is 1. The largest absolute Gasteiger partial charge is 0.495 e. The van der Waals surface area contributed by atoms with Crippen LogP contribution in [-0.2, 0) is 0 Å². The Hall–Kier alpha value is -3.00. The molecule has 0 spiro atoms. The normalized spacial score (nSPS) is 10.5. The third-order valence-corrected chi connectivity index (χ3v) is 4.60. The first kappa shape index (κ1) is 17.8. The molecule has 0 radical (unpaired) electrons. The lowest BCUT2D eigenvalue weighted by molar-refractivity contribution is 0.103. The number of carbonyl (C=O) groups excluding carboxylic acids is 1. The van der Waals surface area contributed by atoms with E-state index in [0.29, 0.717) is 21.5 Å². The second-order valence-corrected chi connectivity index (χ2v) is 6.34. The number of carbonyl (C=O) groups is 1. The number of benzene rings is 2. The summed E-state index contributed by atoms with van der Waals surface area (Å²) in [5, 5.41) is 6.17. The summed E-state index contributed by atoms with van der Waals surface area (Å²) in [6.45, 7) is 1.70. The van der Waals surface area contributed by atoms with Crippen molar-refractivity contribution in [3.63, 3.8) is 0 Å². The van der Waals surface area contributed by atoms with Crippen molar-refractivity contribution < 1.29 is 18.3 Å². The van der Waals surface area contributed by atoms with Gasteiger partial charge in [-0.25, -0.2) is 13.8 Å². The van der Waals surface area contributed by atoms with Crippen LogP contribution in [0.15, 0.2) is 42.5 Å². The molecule has 26 heavy (non-hydrogen) atoms. The molecule has 0 unspecified atom stereocenters. The number of aromatic nitrogens is 1. The van der Waals surface area contributed by atoms with Gasteiger partial charge in [-0.05, 0) is 31.2 Å². The summed E-state index contributed by atoms with van der Waals surface area (Å²) in [6.07, 6.45) is 0. The van der Waals surface area contributed by atoms with Crippen molar-refractivity contribution in [1.29, 1.82) is 0 Å². The van der Waals surface area contributed by atoms with E-state index >= 15 is 0 Å². The molecule has 134 valence electrons. The number of thiazole rings is 1. The highest BCUT2D eigenvalue weighted by Gasteiger charge is 2.17. The molecule has 1 amide bonds. The van der Waals surface area contributed by atoms with Gasteiger partial charge in [0.25, 0.3) is 5.91 Å². The van der Waals surface area contributed by atoms with E-state index in [4.69, 9.17) is 4.74 Å². The topological polar surface area (TPSA) is 63.2 Å². The van der Waals surface area contributed by atoms with Crippen molar-refractivity contribution in [2.75, 3.05) is 17.7 Å². The number of ether oxygens (including phenoxy) is 1. The maximum atomic E-state index is 13.3. The number of aryl methyl sites for hydroxylation is 1. The molecule has 0 saturated carbocycles. The number of amides is 1. The number of halogens is 2. The zero-order chi connectivity index (χ0) is 18.7. The zero-order valence-corrected chi connectivity index (χ0v) is 14.8. The maximum absolute atomic E-state index is 13.3. The maximum Gasteiger partial charge on any atom is 0.267 e. The first-order valence-corrected chi connectivity index (χ1v) is 8.43. The molecule has 0 atom stereocenters. The SMILES string of the molecule is COc1ccccc1Nc1nc(C)c(C(=O)Nc2ccc(F)c(F)c2)s1. The first-order chi connectivity index (χ1) is 12.5. The van der Waals surface area contributed by atoms with Crippen molar-refractivity contribution in [2.24, 2.45) is 0 Å². The summed E-state index contributed by atoms with van der Waals surface area (Å²) >= 11 is 1.15. The Morgan fingerprint density at radius 2 is 1.92 bits per heavy atom. The minimum atomic E-state index is -1.03. The Balaban J connectivity index is 1.79. The molecule has 2 N–H and O–H groups in total. The highest BCUT2D eigenvalue weighted by Crippen LogP contribution is 2.31. The van der Waals surface area contributed by atoms with Gasteiger partial charge >= 0.3 is 0 Å². The van der Waals surface area contributed by atoms with Gasteiger partial charge in [0.15, 0.2) is 16.8 Å². The van der Waals surface area contributed by atoms with Crippen LogP contribution in [0.3, 0.4) is 0 Å². The molecule has 8 heteroatoms. The van der Waals surface area contributed by atoms with Crippen LogP contribution < -0.4 is 15.4 Å². The molecule has 0 saturated heterocycles. The van der Waals surface area contributed by atoms with Gasteiger partial charge in [0, 0.05) is 11.8 Å². The number of nitrogens with one attached hydrogen (secondary N) is 2. The van der Waals surface area contributed by atoms with Crippen LogP contribution in [0.4, 0.5) is 25.3 Å². The van der Waals surface area contributed by atoms with E-state index in [1.165, 1.54) is 6.07 Å². The Kier molecular flexibility index (Phi) is 5.13. The van der Waals surface area contributed by atoms with Crippen LogP contribution in [0.2, 0.25) is 0 Å². The molecule has 3 rings (SSSR count). The average Bonchev–Trinajstić information content (AvgIpc) is 2.99. The van der Waals surface area contributed by atoms with Crippen LogP contribution in [0.1, 0.15) is 15.4 Å². The monoisotopic (exact) mass is 375 g/mol. The van der Waals surface area contributed by atoms with Gasteiger partial charge in [-0.15, -0.1) is 0 Å². The first-order valence-electron chi connectivity index (χ1n) is 7.62. The molecule has 0 aliphatic carbocycles. The fourth-order valence-electron chi connectivity index (χ4n) is 2.29. The predicted molar refractivity (Wildman–Crippen MR) is 97.4 cm³/mol. The highest BCUT2D eigenvalue weighted by atomic mass is 32.1. The third-order valence-electron chi connectivity index (χ3n) is 3.53. The molecule has 3 aromatic rings. The van der Waals surface area contributed by atoms with Crippen LogP contribution in [0, 0.1) is 18.6 Å². The molecule has 0 fully saturated rings. The summed E-state index contributed by atoms with van der Waals surface area (Å²) in [7, 11) is 1.56. The van der Waals surface area contributed by atoms with Gasteiger partial charge in [0.2, 0.25) is 0 Å². The molecule has 1 aromatic heterocycles. The van der Waals surface area contributed by atoms with Crippen molar-refractivity contribution >= 4 is 33.8 Å². The number of hydrogen-bond donors (Lipinski definition) is 2. The van der Waals surface area contributed by atoms with Crippen molar-refractivity contribution in [3.05, 3.63) is 64.7 Å². The van der Waals surface area contributed by atoms with E-state index in [9.17, 15) is 13.6 Å². The molecule has 2 aromatic carbocycles. The van der Waals surface area contributed by atoms with Crippen LogP contribution in [0.5, 0.6) is 5.75 Å². The van der Waals surface area contributed by atoms with Crippen LogP contribution >= 0.6 is 11.3 Å². The minimum Gasteiger partial charge on any atom is -0.495 e. The second-order valence-electron chi connectivity index (χ2n) is 5.34. The Bertz CT molecular complexity index is 959. The van der Waals surface area contributed by atoms with Gasteiger partial charge in [-0.3, -0.25) is 4.79 Å². The Labute approximate surface area is 152 Å². The lowest BCUT2D eigenvalue weighted by atomic mass is 10.3. The summed E-state index contributed by atoms with van der Waals surface area (Å²) in [5.41, 5.74) is 1.41. The molecular weight excluding hydrogens is 360 g/mol. The van der Waals surface area contributed by atoms with E-state index in [2.05, 4.69) is 15.6 Å². The van der Waals surface area contributed by atoms with Gasteiger partial charge in [0.1, 0.15) is 10.6 Å². The van der Waals surface area contributed by atoms with Crippen molar-refractivity contribution in [1.82, 2.24) is 4.98 Å². The molecule has 5 nitrogen and oxygen atoms in total. The molecule has 0 bridgehead atoms. The lowest BCUT2D eigenvalue weighted by Crippen LogP contribution is -2.11. The van der Waals surface area contributed by atoms with E-state index in [1.54, 1.807) is 20.1 Å². The standard InChI is InChI=1S/C18H15F2N3O2S/c1-10-16(17(24)22-11-7-8-12(19)13(20)9-11)26-18(21-10)23-14-5-3-4-6-15(14)25-2/h3-9H,1-2H3,(H,21,23)(H,22,24). The highest BCUT2D eigenvalue weighted by molar-refractivity contribution is 7.17. The van der Waals surface area contributed by atoms with E-state index < -0.39 is 17.5 Å². The van der Waals surface area contributed by atoms with E-state index in [-0.39, 0.29) is 5.69 Å². The number of methoxy groups -OCH3 is 1. The number of hydrogen-bond acceptors (Lipinski definition) is 5. The molecule has 0 aliphatic rings. The van der Waals surface area contributed by atoms with Crippen molar-refractivity contribution in [2.45, 2.75) is 6.92 Å².